The fourth-order valence-electron chi connectivity index (χ4n) is 0.550. The summed E-state index contributed by atoms with van der Waals surface area (Å²) in [6, 6.07) is 0. The molecule has 0 fully saturated rings. The van der Waals surface area contributed by atoms with E-state index < -0.39 is 0 Å². The van der Waals surface area contributed by atoms with Crippen molar-refractivity contribution in [3.05, 3.63) is 11.6 Å². The minimum Gasteiger partial charge on any atom is -0.106 e. The lowest BCUT2D eigenvalue weighted by molar-refractivity contribution is 0.765. The summed E-state index contributed by atoms with van der Waals surface area (Å²) < 4.78 is 0. The molecule has 0 unspecified atom stereocenters. The SMILES string of the molecule is CC#CCC=C(C)C(C)C. The van der Waals surface area contributed by atoms with Crippen LogP contribution in [0.3, 0.4) is 0 Å². The van der Waals surface area contributed by atoms with Crippen LogP contribution >= 0.6 is 0 Å². The molecule has 0 saturated carbocycles. The summed E-state index contributed by atoms with van der Waals surface area (Å²) in [4.78, 5) is 0. The van der Waals surface area contributed by atoms with Crippen LogP contribution in [0.4, 0.5) is 0 Å². The minimum absolute atomic E-state index is 0.665. The normalized spacial score (nSPS) is 11.1. The predicted molar refractivity (Wildman–Crippen MR) is 46.7 cm³/mol. The minimum atomic E-state index is 0.665. The van der Waals surface area contributed by atoms with E-state index in [1.165, 1.54) is 5.57 Å². The van der Waals surface area contributed by atoms with Crippen LogP contribution in [0, 0.1) is 17.8 Å². The van der Waals surface area contributed by atoms with Gasteiger partial charge in [0.05, 0.1) is 0 Å². The zero-order valence-corrected chi connectivity index (χ0v) is 7.36. The molecular weight excluding hydrogens is 120 g/mol. The fraction of sp³-hybridized carbons (Fsp3) is 0.600. The number of hydrogen-bond acceptors (Lipinski definition) is 0. The van der Waals surface area contributed by atoms with E-state index in [0.29, 0.717) is 5.92 Å². The molecule has 0 heteroatoms. The lowest BCUT2D eigenvalue weighted by Gasteiger charge is -2.01. The Balaban J connectivity index is 3.76. The van der Waals surface area contributed by atoms with Gasteiger partial charge < -0.3 is 0 Å². The molecule has 0 atom stereocenters. The summed E-state index contributed by atoms with van der Waals surface area (Å²) in [6.45, 7) is 8.43. The van der Waals surface area contributed by atoms with Crippen molar-refractivity contribution < 1.29 is 0 Å². The van der Waals surface area contributed by atoms with Crippen molar-refractivity contribution in [1.82, 2.24) is 0 Å². The van der Waals surface area contributed by atoms with Crippen molar-refractivity contribution in [2.75, 3.05) is 0 Å². The Morgan fingerprint density at radius 2 is 2.10 bits per heavy atom. The molecule has 10 heavy (non-hydrogen) atoms. The van der Waals surface area contributed by atoms with Gasteiger partial charge in [-0.05, 0) is 19.8 Å². The second-order valence-corrected chi connectivity index (χ2v) is 2.73. The second-order valence-electron chi connectivity index (χ2n) is 2.73. The summed E-state index contributed by atoms with van der Waals surface area (Å²) >= 11 is 0. The highest BCUT2D eigenvalue weighted by Crippen LogP contribution is 2.07. The van der Waals surface area contributed by atoms with Crippen molar-refractivity contribution >= 4 is 0 Å². The third-order valence-corrected chi connectivity index (χ3v) is 1.61. The lowest BCUT2D eigenvalue weighted by Crippen LogP contribution is -1.87. The quantitative estimate of drug-likeness (QED) is 0.404. The van der Waals surface area contributed by atoms with Crippen molar-refractivity contribution in [3.8, 4) is 11.8 Å². The Hall–Kier alpha value is -0.700. The molecule has 0 aromatic rings. The second kappa shape index (κ2) is 5.11. The van der Waals surface area contributed by atoms with Gasteiger partial charge in [0.25, 0.3) is 0 Å². The van der Waals surface area contributed by atoms with Gasteiger partial charge in [-0.3, -0.25) is 0 Å². The average molecular weight is 136 g/mol. The van der Waals surface area contributed by atoms with Crippen LogP contribution in [0.15, 0.2) is 11.6 Å². The van der Waals surface area contributed by atoms with Crippen LogP contribution in [0.2, 0.25) is 0 Å². The van der Waals surface area contributed by atoms with E-state index >= 15 is 0 Å². The average Bonchev–Trinajstić information content (AvgIpc) is 1.88. The van der Waals surface area contributed by atoms with Crippen molar-refractivity contribution in [1.29, 1.82) is 0 Å². The van der Waals surface area contributed by atoms with Gasteiger partial charge in [-0.1, -0.05) is 31.4 Å². The van der Waals surface area contributed by atoms with Gasteiger partial charge in [0.15, 0.2) is 0 Å². The first-order chi connectivity index (χ1) is 4.68. The largest absolute Gasteiger partial charge is 0.106 e. The molecular formula is C10H16. The molecule has 0 aromatic heterocycles. The smallest absolute Gasteiger partial charge is 0.0272 e. The summed E-state index contributed by atoms with van der Waals surface area (Å²) in [6.07, 6.45) is 3.10. The van der Waals surface area contributed by atoms with Crippen LogP contribution in [-0.2, 0) is 0 Å². The van der Waals surface area contributed by atoms with Crippen LogP contribution in [0.1, 0.15) is 34.1 Å². The van der Waals surface area contributed by atoms with Gasteiger partial charge in [0.2, 0.25) is 0 Å². The fourth-order valence-corrected chi connectivity index (χ4v) is 0.550. The Labute approximate surface area is 64.3 Å². The highest BCUT2D eigenvalue weighted by Gasteiger charge is 1.92. The van der Waals surface area contributed by atoms with Crippen molar-refractivity contribution in [2.45, 2.75) is 34.1 Å². The summed E-state index contributed by atoms with van der Waals surface area (Å²) in [7, 11) is 0. The van der Waals surface area contributed by atoms with E-state index in [-0.39, 0.29) is 0 Å². The maximum Gasteiger partial charge on any atom is 0.0272 e. The zero-order valence-electron chi connectivity index (χ0n) is 7.36. The van der Waals surface area contributed by atoms with Gasteiger partial charge in [-0.15, -0.1) is 5.92 Å². The van der Waals surface area contributed by atoms with Gasteiger partial charge in [0, 0.05) is 6.42 Å². The first-order valence-electron chi connectivity index (χ1n) is 3.74. The maximum absolute atomic E-state index is 3.01. The molecule has 0 heterocycles. The van der Waals surface area contributed by atoms with Gasteiger partial charge in [-0.25, -0.2) is 0 Å². The molecule has 0 radical (unpaired) electrons. The van der Waals surface area contributed by atoms with E-state index in [1.807, 2.05) is 6.92 Å². The number of hydrogen-bond donors (Lipinski definition) is 0. The molecule has 0 aromatic carbocycles. The lowest BCUT2D eigenvalue weighted by atomic mass is 10.0. The molecule has 0 saturated heterocycles. The molecule has 0 bridgehead atoms. The molecule has 0 amide bonds. The zero-order chi connectivity index (χ0) is 7.98. The van der Waals surface area contributed by atoms with Crippen LogP contribution < -0.4 is 0 Å². The van der Waals surface area contributed by atoms with Crippen molar-refractivity contribution in [3.63, 3.8) is 0 Å². The van der Waals surface area contributed by atoms with Crippen LogP contribution in [-0.4, -0.2) is 0 Å². The molecule has 0 rings (SSSR count). The van der Waals surface area contributed by atoms with E-state index in [0.717, 1.165) is 6.42 Å². The third kappa shape index (κ3) is 4.21. The predicted octanol–water partition coefficient (Wildman–Crippen LogP) is 3.00. The molecule has 56 valence electrons. The van der Waals surface area contributed by atoms with Crippen molar-refractivity contribution in [2.24, 2.45) is 5.92 Å². The van der Waals surface area contributed by atoms with E-state index in [2.05, 4.69) is 38.7 Å². The highest BCUT2D eigenvalue weighted by atomic mass is 14.0. The van der Waals surface area contributed by atoms with Gasteiger partial charge >= 0.3 is 0 Å². The third-order valence-electron chi connectivity index (χ3n) is 1.61. The maximum atomic E-state index is 3.01. The molecule has 0 aliphatic rings. The van der Waals surface area contributed by atoms with Crippen LogP contribution in [0.25, 0.3) is 0 Å². The van der Waals surface area contributed by atoms with Gasteiger partial charge in [-0.2, -0.15) is 0 Å². The summed E-state index contributed by atoms with van der Waals surface area (Å²) in [5.74, 6) is 6.54. The summed E-state index contributed by atoms with van der Waals surface area (Å²) in [5.41, 5.74) is 1.43. The summed E-state index contributed by atoms with van der Waals surface area (Å²) in [5, 5.41) is 0. The first kappa shape index (κ1) is 9.30. The Morgan fingerprint density at radius 1 is 1.50 bits per heavy atom. The first-order valence-corrected chi connectivity index (χ1v) is 3.74. The molecule has 0 N–H and O–H groups in total. The van der Waals surface area contributed by atoms with Crippen LogP contribution in [0.5, 0.6) is 0 Å². The number of rotatable bonds is 2. The number of allylic oxidation sites excluding steroid dienone is 2. The highest BCUT2D eigenvalue weighted by molar-refractivity contribution is 5.08. The topological polar surface area (TPSA) is 0 Å². The van der Waals surface area contributed by atoms with E-state index in [9.17, 15) is 0 Å². The van der Waals surface area contributed by atoms with E-state index in [4.69, 9.17) is 0 Å². The van der Waals surface area contributed by atoms with Gasteiger partial charge in [0.1, 0.15) is 0 Å². The molecule has 0 aliphatic heterocycles. The Kier molecular flexibility index (Phi) is 4.76. The molecule has 0 spiro atoms. The monoisotopic (exact) mass is 136 g/mol. The Morgan fingerprint density at radius 3 is 2.50 bits per heavy atom. The molecule has 0 nitrogen and oxygen atoms in total. The standard InChI is InChI=1S/C10H16/c1-5-6-7-8-10(4)9(2)3/h8-9H,7H2,1-4H3. The molecule has 0 aliphatic carbocycles. The van der Waals surface area contributed by atoms with E-state index in [1.54, 1.807) is 0 Å². The Bertz CT molecular complexity index is 162.